The van der Waals surface area contributed by atoms with Crippen molar-refractivity contribution in [1.82, 2.24) is 14.7 Å². The van der Waals surface area contributed by atoms with E-state index < -0.39 is 0 Å². The lowest BCUT2D eigenvalue weighted by Crippen LogP contribution is -2.37. The van der Waals surface area contributed by atoms with Crippen LogP contribution in [0.1, 0.15) is 22.4 Å². The van der Waals surface area contributed by atoms with E-state index in [0.717, 1.165) is 42.5 Å². The lowest BCUT2D eigenvalue weighted by Gasteiger charge is -2.28. The summed E-state index contributed by atoms with van der Waals surface area (Å²) in [5, 5.41) is 7.56. The van der Waals surface area contributed by atoms with Crippen LogP contribution in [0.3, 0.4) is 0 Å². The Hall–Kier alpha value is -1.79. The predicted molar refractivity (Wildman–Crippen MR) is 92.3 cm³/mol. The van der Waals surface area contributed by atoms with E-state index in [0.29, 0.717) is 6.54 Å². The van der Waals surface area contributed by atoms with E-state index in [4.69, 9.17) is 0 Å². The van der Waals surface area contributed by atoms with Crippen molar-refractivity contribution in [3.8, 4) is 0 Å². The number of thioether (sulfide) groups is 1. The average molecular weight is 328 g/mol. The van der Waals surface area contributed by atoms with Crippen LogP contribution in [0.15, 0.2) is 24.3 Å². The van der Waals surface area contributed by atoms with Crippen LogP contribution in [0.5, 0.6) is 0 Å². The second-order valence-corrected chi connectivity index (χ2v) is 7.15. The van der Waals surface area contributed by atoms with Crippen molar-refractivity contribution in [1.29, 1.82) is 0 Å². The van der Waals surface area contributed by atoms with Gasteiger partial charge in [-0.1, -0.05) is 24.3 Å². The Morgan fingerprint density at radius 1 is 1.30 bits per heavy atom. The standard InChI is InChI=1S/C17H20N4OS/c1-20-17(14-10-23-11-15(14)19-20)18-16(22)9-21-7-6-12-4-2-3-5-13(12)8-21/h2-5H,6-11H2,1H3,(H,18,22). The zero-order valence-corrected chi connectivity index (χ0v) is 14.0. The number of benzene rings is 1. The lowest BCUT2D eigenvalue weighted by molar-refractivity contribution is -0.117. The maximum Gasteiger partial charge on any atom is 0.239 e. The summed E-state index contributed by atoms with van der Waals surface area (Å²) in [6.45, 7) is 2.22. The van der Waals surface area contributed by atoms with Gasteiger partial charge in [0.2, 0.25) is 5.91 Å². The maximum absolute atomic E-state index is 12.4. The summed E-state index contributed by atoms with van der Waals surface area (Å²) in [4.78, 5) is 14.7. The number of aromatic nitrogens is 2. The Kier molecular flexibility index (Phi) is 3.87. The van der Waals surface area contributed by atoms with Crippen molar-refractivity contribution in [3.63, 3.8) is 0 Å². The number of amides is 1. The number of carbonyl (C=O) groups is 1. The zero-order valence-electron chi connectivity index (χ0n) is 13.2. The van der Waals surface area contributed by atoms with Crippen LogP contribution in [0.25, 0.3) is 0 Å². The highest BCUT2D eigenvalue weighted by atomic mass is 32.2. The molecule has 1 N–H and O–H groups in total. The largest absolute Gasteiger partial charge is 0.310 e. The molecule has 0 atom stereocenters. The molecule has 0 spiro atoms. The Morgan fingerprint density at radius 3 is 3.00 bits per heavy atom. The second kappa shape index (κ2) is 6.02. The third-order valence-electron chi connectivity index (χ3n) is 4.55. The summed E-state index contributed by atoms with van der Waals surface area (Å²) in [7, 11) is 1.90. The van der Waals surface area contributed by atoms with Crippen molar-refractivity contribution < 1.29 is 4.79 Å². The van der Waals surface area contributed by atoms with Crippen molar-refractivity contribution in [2.45, 2.75) is 24.5 Å². The molecule has 0 unspecified atom stereocenters. The summed E-state index contributed by atoms with van der Waals surface area (Å²) >= 11 is 1.85. The molecule has 1 aromatic heterocycles. The Labute approximate surface area is 140 Å². The third kappa shape index (κ3) is 2.88. The first-order valence-electron chi connectivity index (χ1n) is 7.92. The van der Waals surface area contributed by atoms with E-state index in [9.17, 15) is 4.79 Å². The van der Waals surface area contributed by atoms with Crippen molar-refractivity contribution >= 4 is 23.5 Å². The highest BCUT2D eigenvalue weighted by Crippen LogP contribution is 2.34. The van der Waals surface area contributed by atoms with Crippen LogP contribution in [-0.4, -0.2) is 33.7 Å². The van der Waals surface area contributed by atoms with Crippen LogP contribution in [0.4, 0.5) is 5.82 Å². The van der Waals surface area contributed by atoms with Gasteiger partial charge in [0.15, 0.2) is 0 Å². The minimum Gasteiger partial charge on any atom is -0.310 e. The van der Waals surface area contributed by atoms with E-state index in [1.807, 2.05) is 18.8 Å². The Balaban J connectivity index is 1.42. The van der Waals surface area contributed by atoms with Crippen molar-refractivity contribution in [3.05, 3.63) is 46.6 Å². The van der Waals surface area contributed by atoms with Gasteiger partial charge in [0.25, 0.3) is 0 Å². The van der Waals surface area contributed by atoms with Crippen molar-refractivity contribution in [2.24, 2.45) is 7.05 Å². The van der Waals surface area contributed by atoms with Gasteiger partial charge in [0, 0.05) is 37.2 Å². The molecule has 0 fully saturated rings. The molecule has 23 heavy (non-hydrogen) atoms. The number of aryl methyl sites for hydroxylation is 1. The molecule has 0 aliphatic carbocycles. The molecule has 120 valence electrons. The van der Waals surface area contributed by atoms with Gasteiger partial charge in [-0.15, -0.1) is 0 Å². The van der Waals surface area contributed by atoms with Gasteiger partial charge in [-0.25, -0.2) is 0 Å². The van der Waals surface area contributed by atoms with Crippen LogP contribution in [0.2, 0.25) is 0 Å². The summed E-state index contributed by atoms with van der Waals surface area (Å²) in [6, 6.07) is 8.50. The third-order valence-corrected chi connectivity index (χ3v) is 5.52. The van der Waals surface area contributed by atoms with E-state index in [1.54, 1.807) is 4.68 Å². The highest BCUT2D eigenvalue weighted by molar-refractivity contribution is 7.98. The lowest BCUT2D eigenvalue weighted by atomic mass is 10.00. The molecule has 0 radical (unpaired) electrons. The first kappa shape index (κ1) is 14.8. The number of nitrogens with one attached hydrogen (secondary N) is 1. The molecule has 0 bridgehead atoms. The van der Waals surface area contributed by atoms with Crippen LogP contribution in [-0.2, 0) is 36.3 Å². The second-order valence-electron chi connectivity index (χ2n) is 6.17. The Morgan fingerprint density at radius 2 is 2.13 bits per heavy atom. The van der Waals surface area contributed by atoms with Gasteiger partial charge in [-0.2, -0.15) is 16.9 Å². The summed E-state index contributed by atoms with van der Waals surface area (Å²) in [6.07, 6.45) is 1.02. The molecule has 5 nitrogen and oxygen atoms in total. The summed E-state index contributed by atoms with van der Waals surface area (Å²) in [5.41, 5.74) is 5.05. The van der Waals surface area contributed by atoms with Crippen LogP contribution in [0, 0.1) is 0 Å². The number of fused-ring (bicyclic) bond motifs is 2. The quantitative estimate of drug-likeness (QED) is 0.938. The average Bonchev–Trinajstić information content (AvgIpc) is 3.10. The molecule has 2 aromatic rings. The monoisotopic (exact) mass is 328 g/mol. The fourth-order valence-electron chi connectivity index (χ4n) is 3.36. The van der Waals surface area contributed by atoms with Crippen molar-refractivity contribution in [2.75, 3.05) is 18.4 Å². The van der Waals surface area contributed by atoms with Crippen LogP contribution >= 0.6 is 11.8 Å². The molecule has 6 heteroatoms. The van der Waals surface area contributed by atoms with Gasteiger partial charge in [0.05, 0.1) is 12.2 Å². The SMILES string of the molecule is Cn1nc2c(c1NC(=O)CN1CCc3ccccc3C1)CSC2. The van der Waals surface area contributed by atoms with E-state index in [2.05, 4.69) is 39.6 Å². The zero-order chi connectivity index (χ0) is 15.8. The molecular weight excluding hydrogens is 308 g/mol. The normalized spacial score (nSPS) is 16.9. The smallest absolute Gasteiger partial charge is 0.239 e. The molecular formula is C17H20N4OS. The minimum atomic E-state index is 0.0482. The molecule has 4 rings (SSSR count). The molecule has 0 saturated carbocycles. The fourth-order valence-corrected chi connectivity index (χ4v) is 4.40. The highest BCUT2D eigenvalue weighted by Gasteiger charge is 2.24. The van der Waals surface area contributed by atoms with E-state index in [-0.39, 0.29) is 5.91 Å². The fraction of sp³-hybridized carbons (Fsp3) is 0.412. The first-order valence-corrected chi connectivity index (χ1v) is 9.07. The molecule has 2 aliphatic heterocycles. The van der Waals surface area contributed by atoms with Gasteiger partial charge in [-0.3, -0.25) is 14.4 Å². The summed E-state index contributed by atoms with van der Waals surface area (Å²) in [5.74, 6) is 2.80. The van der Waals surface area contributed by atoms with Gasteiger partial charge >= 0.3 is 0 Å². The number of rotatable bonds is 3. The van der Waals surface area contributed by atoms with Gasteiger partial charge < -0.3 is 5.32 Å². The molecule has 2 aliphatic rings. The molecule has 1 aromatic carbocycles. The molecule has 3 heterocycles. The number of hydrogen-bond acceptors (Lipinski definition) is 4. The number of hydrogen-bond donors (Lipinski definition) is 1. The predicted octanol–water partition coefficient (Wildman–Crippen LogP) is 2.16. The maximum atomic E-state index is 12.4. The first-order chi connectivity index (χ1) is 11.2. The van der Waals surface area contributed by atoms with Crippen LogP contribution < -0.4 is 5.32 Å². The topological polar surface area (TPSA) is 50.2 Å². The van der Waals surface area contributed by atoms with E-state index in [1.165, 1.54) is 16.7 Å². The van der Waals surface area contributed by atoms with E-state index >= 15 is 0 Å². The number of anilines is 1. The molecule has 0 saturated heterocycles. The molecule has 1 amide bonds. The van der Waals surface area contributed by atoms with Gasteiger partial charge in [-0.05, 0) is 17.5 Å². The number of nitrogens with zero attached hydrogens (tertiary/aromatic N) is 3. The minimum absolute atomic E-state index is 0.0482. The summed E-state index contributed by atoms with van der Waals surface area (Å²) < 4.78 is 1.80. The Bertz CT molecular complexity index is 755. The van der Waals surface area contributed by atoms with Gasteiger partial charge in [0.1, 0.15) is 5.82 Å². The number of carbonyl (C=O) groups excluding carboxylic acids is 1.